The Bertz CT molecular complexity index is 1360. The molecule has 158 valence electrons. The van der Waals surface area contributed by atoms with Gasteiger partial charge in [-0.25, -0.2) is 4.79 Å². The van der Waals surface area contributed by atoms with Crippen LogP contribution in [-0.4, -0.2) is 11.1 Å². The monoisotopic (exact) mass is 416 g/mol. The third kappa shape index (κ3) is 3.91. The molecular formula is C26H24O5. The van der Waals surface area contributed by atoms with Gasteiger partial charge in [-0.15, -0.1) is 0 Å². The van der Waals surface area contributed by atoms with E-state index >= 15 is 0 Å². The highest BCUT2D eigenvalue weighted by Crippen LogP contribution is 2.31. The average molecular weight is 416 g/mol. The molecule has 4 aromatic rings. The number of rotatable bonds is 6. The van der Waals surface area contributed by atoms with Gasteiger partial charge in [0.1, 0.15) is 17.9 Å². The second kappa shape index (κ2) is 8.26. The fraction of sp³-hybridized carbons (Fsp3) is 0.231. The summed E-state index contributed by atoms with van der Waals surface area (Å²) >= 11 is 0. The molecule has 1 aromatic heterocycles. The Hall–Kier alpha value is -3.60. The number of ether oxygens (including phenoxy) is 1. The first-order valence-corrected chi connectivity index (χ1v) is 10.2. The van der Waals surface area contributed by atoms with E-state index in [4.69, 9.17) is 14.3 Å². The van der Waals surface area contributed by atoms with Gasteiger partial charge < -0.3 is 14.3 Å². The highest BCUT2D eigenvalue weighted by molar-refractivity contribution is 5.87. The molecule has 0 aliphatic heterocycles. The van der Waals surface area contributed by atoms with E-state index < -0.39 is 11.6 Å². The van der Waals surface area contributed by atoms with E-state index in [1.165, 1.54) is 0 Å². The van der Waals surface area contributed by atoms with E-state index in [9.17, 15) is 9.59 Å². The first kappa shape index (κ1) is 20.7. The quantitative estimate of drug-likeness (QED) is 0.422. The fourth-order valence-corrected chi connectivity index (χ4v) is 4.03. The van der Waals surface area contributed by atoms with E-state index in [1.807, 2.05) is 38.1 Å². The van der Waals surface area contributed by atoms with Crippen LogP contribution in [-0.2, 0) is 17.8 Å². The summed E-state index contributed by atoms with van der Waals surface area (Å²) in [6, 6.07) is 16.2. The molecule has 0 unspecified atom stereocenters. The van der Waals surface area contributed by atoms with Crippen molar-refractivity contribution in [2.45, 2.75) is 40.2 Å². The van der Waals surface area contributed by atoms with Crippen LogP contribution in [0.4, 0.5) is 0 Å². The summed E-state index contributed by atoms with van der Waals surface area (Å²) in [6.45, 7) is 6.17. The number of carbonyl (C=O) groups is 1. The van der Waals surface area contributed by atoms with Gasteiger partial charge in [-0.2, -0.15) is 0 Å². The molecule has 0 fully saturated rings. The predicted octanol–water partition coefficient (Wildman–Crippen LogP) is 5.47. The minimum atomic E-state index is -0.942. The van der Waals surface area contributed by atoms with Crippen molar-refractivity contribution in [2.75, 3.05) is 0 Å². The smallest absolute Gasteiger partial charge is 0.339 e. The maximum atomic E-state index is 12.5. The Morgan fingerprint density at radius 1 is 0.935 bits per heavy atom. The van der Waals surface area contributed by atoms with Gasteiger partial charge in [0.05, 0.1) is 0 Å². The molecule has 0 aliphatic rings. The minimum Gasteiger partial charge on any atom is -0.488 e. The molecule has 0 radical (unpaired) electrons. The topological polar surface area (TPSA) is 76.7 Å². The zero-order valence-electron chi connectivity index (χ0n) is 17.8. The van der Waals surface area contributed by atoms with Crippen molar-refractivity contribution >= 4 is 27.7 Å². The van der Waals surface area contributed by atoms with Gasteiger partial charge in [-0.05, 0) is 61.2 Å². The second-order valence-electron chi connectivity index (χ2n) is 7.82. The van der Waals surface area contributed by atoms with Gasteiger partial charge in [0.25, 0.3) is 0 Å². The maximum Gasteiger partial charge on any atom is 0.339 e. The summed E-state index contributed by atoms with van der Waals surface area (Å²) in [5.74, 6) is -0.289. The Morgan fingerprint density at radius 3 is 2.48 bits per heavy atom. The third-order valence-electron chi connectivity index (χ3n) is 5.89. The van der Waals surface area contributed by atoms with Gasteiger partial charge in [-0.3, -0.25) is 4.79 Å². The van der Waals surface area contributed by atoms with Gasteiger partial charge in [0, 0.05) is 28.5 Å². The van der Waals surface area contributed by atoms with Crippen molar-refractivity contribution in [1.29, 1.82) is 0 Å². The van der Waals surface area contributed by atoms with Gasteiger partial charge in [0.2, 0.25) is 0 Å². The number of benzene rings is 3. The fourth-order valence-electron chi connectivity index (χ4n) is 4.03. The SMILES string of the molecule is Cc1ccc2ccccc2c1COc1ccc2c(C)c(CCC(=O)O)c(=O)oc2c1C. The Morgan fingerprint density at radius 2 is 1.71 bits per heavy atom. The third-order valence-corrected chi connectivity index (χ3v) is 5.89. The highest BCUT2D eigenvalue weighted by Gasteiger charge is 2.16. The van der Waals surface area contributed by atoms with E-state index in [1.54, 1.807) is 0 Å². The van der Waals surface area contributed by atoms with Crippen molar-refractivity contribution in [3.05, 3.63) is 86.8 Å². The number of aliphatic carboxylic acids is 1. The molecule has 0 saturated heterocycles. The number of carboxylic acids is 1. The standard InChI is InChI=1S/C26H24O5/c1-15-8-9-18-6-4-5-7-21(18)22(15)14-30-23-12-10-19-16(2)20(11-13-24(27)28)26(29)31-25(19)17(23)3/h4-10,12H,11,13-14H2,1-3H3,(H,27,28). The van der Waals surface area contributed by atoms with Crippen LogP contribution < -0.4 is 10.4 Å². The number of hydrogen-bond acceptors (Lipinski definition) is 4. The van der Waals surface area contributed by atoms with Crippen molar-refractivity contribution in [3.63, 3.8) is 0 Å². The van der Waals surface area contributed by atoms with Crippen LogP contribution in [0.25, 0.3) is 21.7 Å². The zero-order valence-corrected chi connectivity index (χ0v) is 17.8. The molecule has 0 amide bonds. The number of fused-ring (bicyclic) bond motifs is 2. The molecule has 0 spiro atoms. The average Bonchev–Trinajstić information content (AvgIpc) is 2.74. The molecule has 31 heavy (non-hydrogen) atoms. The maximum absolute atomic E-state index is 12.5. The highest BCUT2D eigenvalue weighted by atomic mass is 16.5. The van der Waals surface area contributed by atoms with Crippen molar-refractivity contribution in [3.8, 4) is 5.75 Å². The van der Waals surface area contributed by atoms with Crippen LogP contribution in [0.3, 0.4) is 0 Å². The summed E-state index contributed by atoms with van der Waals surface area (Å²) in [5, 5.41) is 12.1. The lowest BCUT2D eigenvalue weighted by atomic mass is 10.00. The second-order valence-corrected chi connectivity index (χ2v) is 7.82. The number of aryl methyl sites for hydroxylation is 3. The zero-order chi connectivity index (χ0) is 22.1. The van der Waals surface area contributed by atoms with Gasteiger partial charge in [-0.1, -0.05) is 36.4 Å². The van der Waals surface area contributed by atoms with Crippen LogP contribution in [0.5, 0.6) is 5.75 Å². The lowest BCUT2D eigenvalue weighted by Crippen LogP contribution is -2.13. The first-order chi connectivity index (χ1) is 14.9. The Kier molecular flexibility index (Phi) is 5.51. The van der Waals surface area contributed by atoms with Crippen molar-refractivity contribution in [1.82, 2.24) is 0 Å². The van der Waals surface area contributed by atoms with Gasteiger partial charge in [0.15, 0.2) is 0 Å². The summed E-state index contributed by atoms with van der Waals surface area (Å²) in [4.78, 5) is 23.4. The van der Waals surface area contributed by atoms with Crippen LogP contribution >= 0.6 is 0 Å². The van der Waals surface area contributed by atoms with Crippen molar-refractivity contribution in [2.24, 2.45) is 0 Å². The first-order valence-electron chi connectivity index (χ1n) is 10.2. The normalized spacial score (nSPS) is 11.2. The molecule has 1 heterocycles. The van der Waals surface area contributed by atoms with E-state index in [2.05, 4.69) is 31.2 Å². The van der Waals surface area contributed by atoms with Crippen LogP contribution in [0.2, 0.25) is 0 Å². The summed E-state index contributed by atoms with van der Waals surface area (Å²) in [7, 11) is 0. The molecule has 4 rings (SSSR count). The van der Waals surface area contributed by atoms with Crippen LogP contribution in [0, 0.1) is 20.8 Å². The molecular weight excluding hydrogens is 392 g/mol. The molecule has 0 saturated carbocycles. The molecule has 5 heteroatoms. The lowest BCUT2D eigenvalue weighted by Gasteiger charge is -2.15. The molecule has 0 aliphatic carbocycles. The molecule has 5 nitrogen and oxygen atoms in total. The van der Waals surface area contributed by atoms with Gasteiger partial charge >= 0.3 is 11.6 Å². The molecule has 1 N–H and O–H groups in total. The molecule has 3 aromatic carbocycles. The Balaban J connectivity index is 1.69. The van der Waals surface area contributed by atoms with E-state index in [0.717, 1.165) is 38.4 Å². The van der Waals surface area contributed by atoms with E-state index in [-0.39, 0.29) is 12.8 Å². The van der Waals surface area contributed by atoms with Crippen molar-refractivity contribution < 1.29 is 19.1 Å². The molecule has 0 bridgehead atoms. The lowest BCUT2D eigenvalue weighted by molar-refractivity contribution is -0.136. The predicted molar refractivity (Wildman–Crippen MR) is 121 cm³/mol. The van der Waals surface area contributed by atoms with Crippen LogP contribution in [0.1, 0.15) is 34.2 Å². The number of carboxylic acid groups (broad SMARTS) is 1. The summed E-state index contributed by atoms with van der Waals surface area (Å²) in [5.41, 5.74) is 4.19. The van der Waals surface area contributed by atoms with E-state index in [0.29, 0.717) is 23.5 Å². The minimum absolute atomic E-state index is 0.109. The Labute approximate surface area is 179 Å². The van der Waals surface area contributed by atoms with Crippen LogP contribution in [0.15, 0.2) is 57.7 Å². The number of hydrogen-bond donors (Lipinski definition) is 1. The summed E-state index contributed by atoms with van der Waals surface area (Å²) < 4.78 is 11.8. The largest absolute Gasteiger partial charge is 0.488 e. The molecule has 0 atom stereocenters. The summed E-state index contributed by atoms with van der Waals surface area (Å²) in [6.07, 6.45) is 0.0404.